The number of aryl methyl sites for hydroxylation is 1. The van der Waals surface area contributed by atoms with Crippen molar-refractivity contribution in [3.05, 3.63) is 32.0 Å². The van der Waals surface area contributed by atoms with Crippen molar-refractivity contribution in [3.63, 3.8) is 0 Å². The summed E-state index contributed by atoms with van der Waals surface area (Å²) in [6.45, 7) is 2.03. The van der Waals surface area contributed by atoms with Gasteiger partial charge in [-0.2, -0.15) is 4.98 Å². The topological polar surface area (TPSA) is 68.0 Å². The van der Waals surface area contributed by atoms with Gasteiger partial charge in [0, 0.05) is 30.9 Å². The number of likely N-dealkylation sites (N-methyl/N-ethyl adjacent to an activating group) is 1. The summed E-state index contributed by atoms with van der Waals surface area (Å²) in [6.07, 6.45) is 1.33. The van der Waals surface area contributed by atoms with Gasteiger partial charge in [0.1, 0.15) is 4.34 Å². The maximum atomic E-state index is 12.0. The summed E-state index contributed by atoms with van der Waals surface area (Å²) < 4.78 is 6.05. The number of rotatable bonds is 7. The minimum Gasteiger partial charge on any atom is -0.339 e. The summed E-state index contributed by atoms with van der Waals surface area (Å²) in [6, 6.07) is 1.86. The molecule has 2 aromatic rings. The average molecular weight is 348 g/mol. The first-order chi connectivity index (χ1) is 9.99. The van der Waals surface area contributed by atoms with Gasteiger partial charge in [0.05, 0.1) is 4.34 Å². The van der Waals surface area contributed by atoms with Crippen LogP contribution in [0.3, 0.4) is 0 Å². The number of Topliss-reactive ketones (excluding diaryl/α,β-unsaturated/α-hetero) is 1. The highest BCUT2D eigenvalue weighted by atomic mass is 35.5. The number of hydrogen-bond acceptors (Lipinski definition) is 6. The molecule has 0 radical (unpaired) electrons. The van der Waals surface area contributed by atoms with Crippen LogP contribution >= 0.6 is 34.5 Å². The van der Waals surface area contributed by atoms with Gasteiger partial charge < -0.3 is 9.84 Å². The Hall–Kier alpha value is -0.950. The molecule has 0 bridgehead atoms. The molecule has 0 saturated carbocycles. The van der Waals surface area contributed by atoms with E-state index in [-0.39, 0.29) is 18.2 Å². The van der Waals surface area contributed by atoms with Crippen molar-refractivity contribution in [1.82, 2.24) is 15.5 Å². The predicted octanol–water partition coefficient (Wildman–Crippen LogP) is 3.40. The Morgan fingerprint density at radius 2 is 2.29 bits per heavy atom. The fraction of sp³-hybridized carbons (Fsp3) is 0.462. The molecule has 0 fully saturated rings. The van der Waals surface area contributed by atoms with Gasteiger partial charge in [-0.3, -0.25) is 4.79 Å². The normalized spacial score (nSPS) is 12.6. The van der Waals surface area contributed by atoms with Gasteiger partial charge in [0.15, 0.2) is 11.6 Å². The van der Waals surface area contributed by atoms with E-state index in [1.54, 1.807) is 6.07 Å². The van der Waals surface area contributed by atoms with Gasteiger partial charge in [-0.1, -0.05) is 28.4 Å². The predicted molar refractivity (Wildman–Crippen MR) is 83.5 cm³/mol. The quantitative estimate of drug-likeness (QED) is 0.777. The molecule has 0 aliphatic rings. The second kappa shape index (κ2) is 7.35. The summed E-state index contributed by atoms with van der Waals surface area (Å²) in [5.41, 5.74) is 0.454. The van der Waals surface area contributed by atoms with Crippen LogP contribution in [0.5, 0.6) is 0 Å². The monoisotopic (exact) mass is 347 g/mol. The second-order valence-electron chi connectivity index (χ2n) is 4.66. The molecule has 1 N–H and O–H groups in total. The lowest BCUT2D eigenvalue weighted by atomic mass is 10.1. The molecule has 21 heavy (non-hydrogen) atoms. The van der Waals surface area contributed by atoms with E-state index in [0.29, 0.717) is 38.8 Å². The number of nitrogens with zero attached hydrogens (tertiary/aromatic N) is 2. The Bertz CT molecular complexity index is 627. The lowest BCUT2D eigenvalue weighted by Gasteiger charge is -2.04. The molecule has 8 heteroatoms. The lowest BCUT2D eigenvalue weighted by Crippen LogP contribution is -2.24. The largest absolute Gasteiger partial charge is 0.339 e. The van der Waals surface area contributed by atoms with Gasteiger partial charge in [-0.25, -0.2) is 0 Å². The summed E-state index contributed by atoms with van der Waals surface area (Å²) in [5.74, 6) is 1.02. The van der Waals surface area contributed by atoms with Crippen LogP contribution in [-0.4, -0.2) is 29.0 Å². The van der Waals surface area contributed by atoms with Crippen LogP contribution in [-0.2, 0) is 12.8 Å². The SMILES string of the molecule is CNC(C)Cc1noc(CCC(=O)c2cc(Cl)sc2Cl)n1. The van der Waals surface area contributed by atoms with E-state index in [1.165, 1.54) is 11.3 Å². The van der Waals surface area contributed by atoms with Gasteiger partial charge in [-0.15, -0.1) is 11.3 Å². The molecule has 0 amide bonds. The van der Waals surface area contributed by atoms with Gasteiger partial charge in [-0.05, 0) is 20.0 Å². The molecule has 114 valence electrons. The highest BCUT2D eigenvalue weighted by Gasteiger charge is 2.16. The molecule has 0 aliphatic heterocycles. The van der Waals surface area contributed by atoms with Gasteiger partial charge in [0.25, 0.3) is 0 Å². The Morgan fingerprint density at radius 3 is 2.90 bits per heavy atom. The molecule has 2 aromatic heterocycles. The third-order valence-corrected chi connectivity index (χ3v) is 4.50. The van der Waals surface area contributed by atoms with E-state index in [1.807, 2.05) is 14.0 Å². The third kappa shape index (κ3) is 4.51. The maximum absolute atomic E-state index is 12.0. The van der Waals surface area contributed by atoms with Crippen LogP contribution in [0.4, 0.5) is 0 Å². The minimum absolute atomic E-state index is 0.0773. The summed E-state index contributed by atoms with van der Waals surface area (Å²) in [4.78, 5) is 16.3. The molecule has 0 spiro atoms. The zero-order chi connectivity index (χ0) is 15.4. The van der Waals surface area contributed by atoms with Crippen molar-refractivity contribution in [2.75, 3.05) is 7.05 Å². The molecule has 2 heterocycles. The van der Waals surface area contributed by atoms with Crippen LogP contribution in [0, 0.1) is 0 Å². The molecule has 0 aliphatic carbocycles. The van der Waals surface area contributed by atoms with E-state index in [4.69, 9.17) is 27.7 Å². The fourth-order valence-electron chi connectivity index (χ4n) is 1.74. The number of carbonyl (C=O) groups excluding carboxylic acids is 1. The minimum atomic E-state index is -0.0773. The number of nitrogens with one attached hydrogen (secondary N) is 1. The Balaban J connectivity index is 1.91. The van der Waals surface area contributed by atoms with E-state index in [0.717, 1.165) is 0 Å². The van der Waals surface area contributed by atoms with Crippen molar-refractivity contribution < 1.29 is 9.32 Å². The van der Waals surface area contributed by atoms with Crippen LogP contribution in [0.1, 0.15) is 35.4 Å². The number of ketones is 1. The third-order valence-electron chi connectivity index (χ3n) is 3.01. The summed E-state index contributed by atoms with van der Waals surface area (Å²) in [7, 11) is 1.88. The number of thiophene rings is 1. The van der Waals surface area contributed by atoms with E-state index < -0.39 is 0 Å². The summed E-state index contributed by atoms with van der Waals surface area (Å²) in [5, 5.41) is 7.00. The van der Waals surface area contributed by atoms with Gasteiger partial charge in [0.2, 0.25) is 5.89 Å². The van der Waals surface area contributed by atoms with Crippen molar-refractivity contribution in [1.29, 1.82) is 0 Å². The first-order valence-corrected chi connectivity index (χ1v) is 8.03. The van der Waals surface area contributed by atoms with Crippen LogP contribution in [0.15, 0.2) is 10.6 Å². The Morgan fingerprint density at radius 1 is 1.52 bits per heavy atom. The molecular formula is C13H15Cl2N3O2S. The lowest BCUT2D eigenvalue weighted by molar-refractivity contribution is 0.0980. The van der Waals surface area contributed by atoms with Crippen molar-refractivity contribution in [2.45, 2.75) is 32.2 Å². The Kier molecular flexibility index (Phi) is 5.75. The second-order valence-corrected chi connectivity index (χ2v) is 6.94. The fourth-order valence-corrected chi connectivity index (χ4v) is 3.24. The van der Waals surface area contributed by atoms with Gasteiger partial charge >= 0.3 is 0 Å². The molecule has 0 saturated heterocycles. The number of aromatic nitrogens is 2. The van der Waals surface area contributed by atoms with Crippen molar-refractivity contribution in [2.24, 2.45) is 0 Å². The number of carbonyl (C=O) groups is 1. The summed E-state index contributed by atoms with van der Waals surface area (Å²) >= 11 is 13.0. The number of hydrogen-bond donors (Lipinski definition) is 1. The molecule has 1 atom stereocenters. The average Bonchev–Trinajstić information content (AvgIpc) is 3.02. The van der Waals surface area contributed by atoms with Crippen LogP contribution in [0.2, 0.25) is 8.67 Å². The van der Waals surface area contributed by atoms with E-state index >= 15 is 0 Å². The zero-order valence-corrected chi connectivity index (χ0v) is 14.0. The van der Waals surface area contributed by atoms with E-state index in [2.05, 4.69) is 15.5 Å². The molecular weight excluding hydrogens is 333 g/mol. The van der Waals surface area contributed by atoms with Crippen molar-refractivity contribution >= 4 is 40.3 Å². The molecule has 0 aromatic carbocycles. The highest BCUT2D eigenvalue weighted by Crippen LogP contribution is 2.32. The maximum Gasteiger partial charge on any atom is 0.227 e. The van der Waals surface area contributed by atoms with Crippen LogP contribution in [0.25, 0.3) is 0 Å². The molecule has 5 nitrogen and oxygen atoms in total. The van der Waals surface area contributed by atoms with Crippen molar-refractivity contribution in [3.8, 4) is 0 Å². The zero-order valence-electron chi connectivity index (χ0n) is 11.7. The number of halogens is 2. The van der Waals surface area contributed by atoms with Crippen LogP contribution < -0.4 is 5.32 Å². The van der Waals surface area contributed by atoms with E-state index in [9.17, 15) is 4.79 Å². The Labute approximate surface area is 136 Å². The standard InChI is InChI=1S/C13H15Cl2N3O2S/c1-7(16-2)5-11-17-12(20-18-11)4-3-9(19)8-6-10(14)21-13(8)15/h6-7,16H,3-5H2,1-2H3. The molecule has 2 rings (SSSR count). The first-order valence-electron chi connectivity index (χ1n) is 6.46. The smallest absolute Gasteiger partial charge is 0.227 e. The highest BCUT2D eigenvalue weighted by molar-refractivity contribution is 7.20. The molecule has 1 unspecified atom stereocenters. The first kappa shape index (κ1) is 16.4.